The molecule has 1 aliphatic heterocycles. The van der Waals surface area contributed by atoms with E-state index in [-0.39, 0.29) is 0 Å². The minimum absolute atomic E-state index is 0.394. The molecule has 0 spiro atoms. The lowest BCUT2D eigenvalue weighted by Gasteiger charge is -2.34. The number of nitrogens with one attached hydrogen (secondary N) is 1. The highest BCUT2D eigenvalue weighted by atomic mass is 16.5. The lowest BCUT2D eigenvalue weighted by Crippen LogP contribution is -2.47. The molecule has 1 fully saturated rings. The van der Waals surface area contributed by atoms with Gasteiger partial charge in [-0.05, 0) is 33.4 Å². The summed E-state index contributed by atoms with van der Waals surface area (Å²) in [6.07, 6.45) is 2.78. The Hall–Kier alpha value is -0.120. The lowest BCUT2D eigenvalue weighted by atomic mass is 10.1. The minimum Gasteiger partial charge on any atom is -0.377 e. The normalized spacial score (nSPS) is 28.6. The maximum absolute atomic E-state index is 5.62. The van der Waals surface area contributed by atoms with Crippen molar-refractivity contribution in [3.63, 3.8) is 0 Å². The quantitative estimate of drug-likeness (QED) is 0.725. The monoisotopic (exact) mass is 214 g/mol. The molecule has 0 saturated carbocycles. The number of likely N-dealkylation sites (N-methyl/N-ethyl adjacent to an activating group) is 2. The molecule has 0 aromatic carbocycles. The Morgan fingerprint density at radius 1 is 1.47 bits per heavy atom. The van der Waals surface area contributed by atoms with Gasteiger partial charge in [0.15, 0.2) is 0 Å². The highest BCUT2D eigenvalue weighted by Crippen LogP contribution is 2.20. The van der Waals surface area contributed by atoms with Gasteiger partial charge < -0.3 is 10.1 Å². The van der Waals surface area contributed by atoms with Crippen molar-refractivity contribution in [2.45, 2.75) is 51.8 Å². The standard InChI is InChI=1S/C12H26N2O/c1-5-11(9-13-6-2)14(4)12-7-8-15-10(12)3/h10-13H,5-9H2,1-4H3. The summed E-state index contributed by atoms with van der Waals surface area (Å²) in [4.78, 5) is 2.50. The molecule has 0 aromatic rings. The van der Waals surface area contributed by atoms with Gasteiger partial charge in [-0.15, -0.1) is 0 Å². The van der Waals surface area contributed by atoms with Crippen molar-refractivity contribution in [1.82, 2.24) is 10.2 Å². The van der Waals surface area contributed by atoms with Crippen LogP contribution >= 0.6 is 0 Å². The summed E-state index contributed by atoms with van der Waals surface area (Å²) >= 11 is 0. The number of nitrogens with zero attached hydrogens (tertiary/aromatic N) is 1. The molecule has 3 nitrogen and oxygen atoms in total. The van der Waals surface area contributed by atoms with Gasteiger partial charge in [0.05, 0.1) is 6.10 Å². The van der Waals surface area contributed by atoms with E-state index in [1.807, 2.05) is 0 Å². The van der Waals surface area contributed by atoms with Crippen LogP contribution in [0.15, 0.2) is 0 Å². The Morgan fingerprint density at radius 3 is 2.67 bits per heavy atom. The first-order valence-electron chi connectivity index (χ1n) is 6.24. The second-order valence-electron chi connectivity index (χ2n) is 4.47. The predicted octanol–water partition coefficient (Wildman–Crippen LogP) is 1.48. The zero-order valence-corrected chi connectivity index (χ0v) is 10.6. The van der Waals surface area contributed by atoms with Crippen molar-refractivity contribution in [1.29, 1.82) is 0 Å². The molecule has 1 saturated heterocycles. The lowest BCUT2D eigenvalue weighted by molar-refractivity contribution is 0.0663. The fourth-order valence-corrected chi connectivity index (χ4v) is 2.41. The fourth-order valence-electron chi connectivity index (χ4n) is 2.41. The summed E-state index contributed by atoms with van der Waals surface area (Å²) in [6, 6.07) is 1.24. The Morgan fingerprint density at radius 2 is 2.20 bits per heavy atom. The average molecular weight is 214 g/mol. The van der Waals surface area contributed by atoms with Gasteiger partial charge in [0, 0.05) is 25.2 Å². The van der Waals surface area contributed by atoms with Crippen molar-refractivity contribution in [2.75, 3.05) is 26.7 Å². The van der Waals surface area contributed by atoms with E-state index in [2.05, 4.69) is 38.0 Å². The molecule has 0 radical (unpaired) electrons. The van der Waals surface area contributed by atoms with Gasteiger partial charge in [0.25, 0.3) is 0 Å². The van der Waals surface area contributed by atoms with Crippen LogP contribution in [-0.2, 0) is 4.74 Å². The Bertz CT molecular complexity index is 175. The predicted molar refractivity (Wildman–Crippen MR) is 64.2 cm³/mol. The summed E-state index contributed by atoms with van der Waals surface area (Å²) in [5.41, 5.74) is 0. The summed E-state index contributed by atoms with van der Waals surface area (Å²) < 4.78 is 5.62. The topological polar surface area (TPSA) is 24.5 Å². The van der Waals surface area contributed by atoms with Gasteiger partial charge >= 0.3 is 0 Å². The number of ether oxygens (including phenoxy) is 1. The van der Waals surface area contributed by atoms with Crippen LogP contribution in [0.2, 0.25) is 0 Å². The van der Waals surface area contributed by atoms with Crippen molar-refractivity contribution >= 4 is 0 Å². The van der Waals surface area contributed by atoms with Crippen LogP contribution < -0.4 is 5.32 Å². The molecule has 90 valence electrons. The van der Waals surface area contributed by atoms with Gasteiger partial charge in [0.2, 0.25) is 0 Å². The van der Waals surface area contributed by atoms with Crippen molar-refractivity contribution in [2.24, 2.45) is 0 Å². The Kier molecular flexibility index (Phi) is 5.58. The van der Waals surface area contributed by atoms with Crippen molar-refractivity contribution < 1.29 is 4.74 Å². The third kappa shape index (κ3) is 3.44. The van der Waals surface area contributed by atoms with E-state index in [4.69, 9.17) is 4.74 Å². The summed E-state index contributed by atoms with van der Waals surface area (Å²) in [5.74, 6) is 0. The molecule has 0 aliphatic carbocycles. The van der Waals surface area contributed by atoms with Gasteiger partial charge in [0.1, 0.15) is 0 Å². The van der Waals surface area contributed by atoms with Gasteiger partial charge in [-0.3, -0.25) is 4.90 Å². The smallest absolute Gasteiger partial charge is 0.0703 e. The van der Waals surface area contributed by atoms with Crippen LogP contribution in [0.25, 0.3) is 0 Å². The SMILES string of the molecule is CCNCC(CC)N(C)C1CCOC1C. The molecule has 0 bridgehead atoms. The van der Waals surface area contributed by atoms with E-state index in [0.717, 1.165) is 19.7 Å². The van der Waals surface area contributed by atoms with E-state index >= 15 is 0 Å². The number of hydrogen-bond donors (Lipinski definition) is 1. The molecule has 1 heterocycles. The number of hydrogen-bond acceptors (Lipinski definition) is 3. The maximum Gasteiger partial charge on any atom is 0.0703 e. The third-order valence-corrected chi connectivity index (χ3v) is 3.54. The van der Waals surface area contributed by atoms with E-state index < -0.39 is 0 Å². The van der Waals surface area contributed by atoms with Crippen LogP contribution in [-0.4, -0.2) is 49.8 Å². The highest BCUT2D eigenvalue weighted by molar-refractivity contribution is 4.84. The first-order valence-corrected chi connectivity index (χ1v) is 6.24. The first kappa shape index (κ1) is 12.9. The fraction of sp³-hybridized carbons (Fsp3) is 1.00. The van der Waals surface area contributed by atoms with Crippen LogP contribution in [0.1, 0.15) is 33.6 Å². The van der Waals surface area contributed by atoms with E-state index in [9.17, 15) is 0 Å². The van der Waals surface area contributed by atoms with Gasteiger partial charge in [-0.2, -0.15) is 0 Å². The molecule has 3 heteroatoms. The second-order valence-corrected chi connectivity index (χ2v) is 4.47. The summed E-state index contributed by atoms with van der Waals surface area (Å²) in [7, 11) is 2.24. The third-order valence-electron chi connectivity index (χ3n) is 3.54. The second kappa shape index (κ2) is 6.46. The van der Waals surface area contributed by atoms with E-state index in [0.29, 0.717) is 18.2 Å². The number of rotatable bonds is 6. The van der Waals surface area contributed by atoms with Crippen molar-refractivity contribution in [3.8, 4) is 0 Å². The average Bonchev–Trinajstić information content (AvgIpc) is 2.65. The first-order chi connectivity index (χ1) is 7.20. The zero-order valence-electron chi connectivity index (χ0n) is 10.6. The minimum atomic E-state index is 0.394. The molecule has 3 atom stereocenters. The molecule has 0 aromatic heterocycles. The van der Waals surface area contributed by atoms with E-state index in [1.165, 1.54) is 12.8 Å². The molecule has 1 rings (SSSR count). The van der Waals surface area contributed by atoms with Crippen LogP contribution in [0, 0.1) is 0 Å². The molecule has 3 unspecified atom stereocenters. The maximum atomic E-state index is 5.62. The summed E-state index contributed by atoms with van der Waals surface area (Å²) in [5, 5.41) is 3.44. The van der Waals surface area contributed by atoms with Crippen LogP contribution in [0.5, 0.6) is 0 Å². The Labute approximate surface area is 94.2 Å². The van der Waals surface area contributed by atoms with Gasteiger partial charge in [-0.25, -0.2) is 0 Å². The molecule has 1 N–H and O–H groups in total. The highest BCUT2D eigenvalue weighted by Gasteiger charge is 2.30. The Balaban J connectivity index is 2.44. The van der Waals surface area contributed by atoms with Crippen molar-refractivity contribution in [3.05, 3.63) is 0 Å². The molecular formula is C12H26N2O. The largest absolute Gasteiger partial charge is 0.377 e. The molecule has 1 aliphatic rings. The van der Waals surface area contributed by atoms with Crippen LogP contribution in [0.3, 0.4) is 0 Å². The van der Waals surface area contributed by atoms with E-state index in [1.54, 1.807) is 0 Å². The van der Waals surface area contributed by atoms with Gasteiger partial charge in [-0.1, -0.05) is 13.8 Å². The zero-order chi connectivity index (χ0) is 11.3. The molecular weight excluding hydrogens is 188 g/mol. The van der Waals surface area contributed by atoms with Crippen LogP contribution in [0.4, 0.5) is 0 Å². The summed E-state index contributed by atoms with van der Waals surface area (Å²) in [6.45, 7) is 9.68. The molecule has 0 amide bonds. The molecule has 15 heavy (non-hydrogen) atoms.